The molecule has 0 saturated carbocycles. The van der Waals surface area contributed by atoms with E-state index in [0.29, 0.717) is 0 Å². The Hall–Kier alpha value is -1.70. The van der Waals surface area contributed by atoms with Gasteiger partial charge in [0.05, 0.1) is 9.52 Å². The lowest BCUT2D eigenvalue weighted by molar-refractivity contribution is -0.195. The van der Waals surface area contributed by atoms with Gasteiger partial charge < -0.3 is 19.7 Å². The standard InChI is InChI=1S/C15H22O6Si/c1-3-20-12(13(16)17)15(14(18)19,21-4-2)10-22-11-8-6-5-7-9-11/h5-9,12H,3-4,10,22H2,1-2H3,(H,16,17)(H,18,19). The Kier molecular flexibility index (Phi) is 7.23. The molecule has 1 aromatic rings. The van der Waals surface area contributed by atoms with Crippen LogP contribution in [0.1, 0.15) is 13.8 Å². The highest BCUT2D eigenvalue weighted by Crippen LogP contribution is 2.25. The predicted octanol–water partition coefficient (Wildman–Crippen LogP) is 0.249. The molecule has 0 bridgehead atoms. The first-order valence-electron chi connectivity index (χ1n) is 7.23. The summed E-state index contributed by atoms with van der Waals surface area (Å²) in [6, 6.07) is 9.62. The highest BCUT2D eigenvalue weighted by atomic mass is 28.2. The third-order valence-electron chi connectivity index (χ3n) is 3.37. The van der Waals surface area contributed by atoms with Crippen LogP contribution in [0.25, 0.3) is 0 Å². The molecule has 6 nitrogen and oxygen atoms in total. The molecule has 0 heterocycles. The molecule has 0 saturated heterocycles. The van der Waals surface area contributed by atoms with Gasteiger partial charge in [-0.15, -0.1) is 0 Å². The van der Waals surface area contributed by atoms with Crippen molar-refractivity contribution in [2.45, 2.75) is 31.6 Å². The molecule has 0 radical (unpaired) electrons. The number of aliphatic carboxylic acids is 2. The first kappa shape index (κ1) is 18.3. The number of carboxylic acid groups (broad SMARTS) is 2. The number of rotatable bonds is 10. The van der Waals surface area contributed by atoms with Crippen LogP contribution in [0.2, 0.25) is 6.04 Å². The molecule has 0 aliphatic heterocycles. The summed E-state index contributed by atoms with van der Waals surface area (Å²) in [5.41, 5.74) is -1.85. The fraction of sp³-hybridized carbons (Fsp3) is 0.467. The molecule has 22 heavy (non-hydrogen) atoms. The Morgan fingerprint density at radius 2 is 1.82 bits per heavy atom. The molecule has 0 fully saturated rings. The fourth-order valence-corrected chi connectivity index (χ4v) is 4.25. The second kappa shape index (κ2) is 8.67. The molecule has 122 valence electrons. The molecule has 2 N–H and O–H groups in total. The minimum atomic E-state index is -1.85. The summed E-state index contributed by atoms with van der Waals surface area (Å²) in [6.07, 6.45) is -1.52. The molecule has 0 amide bonds. The van der Waals surface area contributed by atoms with E-state index >= 15 is 0 Å². The van der Waals surface area contributed by atoms with Gasteiger partial charge in [-0.2, -0.15) is 0 Å². The summed E-state index contributed by atoms with van der Waals surface area (Å²) < 4.78 is 10.6. The van der Waals surface area contributed by atoms with E-state index in [9.17, 15) is 19.8 Å². The van der Waals surface area contributed by atoms with Gasteiger partial charge in [0, 0.05) is 13.2 Å². The van der Waals surface area contributed by atoms with E-state index in [1.807, 2.05) is 30.3 Å². The van der Waals surface area contributed by atoms with Crippen molar-refractivity contribution in [3.05, 3.63) is 30.3 Å². The zero-order valence-electron chi connectivity index (χ0n) is 12.8. The van der Waals surface area contributed by atoms with Crippen LogP contribution in [0.3, 0.4) is 0 Å². The van der Waals surface area contributed by atoms with Crippen molar-refractivity contribution in [3.63, 3.8) is 0 Å². The largest absolute Gasteiger partial charge is 0.479 e. The Balaban J connectivity index is 3.08. The van der Waals surface area contributed by atoms with Crippen LogP contribution < -0.4 is 5.19 Å². The molecule has 1 aromatic carbocycles. The van der Waals surface area contributed by atoms with Gasteiger partial charge in [-0.05, 0) is 19.9 Å². The zero-order chi connectivity index (χ0) is 16.6. The highest BCUT2D eigenvalue weighted by Gasteiger charge is 2.51. The molecule has 2 atom stereocenters. The summed E-state index contributed by atoms with van der Waals surface area (Å²) in [5.74, 6) is -2.61. The van der Waals surface area contributed by atoms with Crippen LogP contribution >= 0.6 is 0 Å². The minimum absolute atomic E-state index is 0.103. The number of hydrogen-bond donors (Lipinski definition) is 2. The van der Waals surface area contributed by atoms with Gasteiger partial charge in [-0.1, -0.05) is 35.5 Å². The number of ether oxygens (including phenoxy) is 2. The molecule has 1 rings (SSSR count). The topological polar surface area (TPSA) is 93.1 Å². The smallest absolute Gasteiger partial charge is 0.339 e. The lowest BCUT2D eigenvalue weighted by atomic mass is 9.98. The quantitative estimate of drug-likeness (QED) is 0.599. The Bertz CT molecular complexity index is 492. The minimum Gasteiger partial charge on any atom is -0.479 e. The van der Waals surface area contributed by atoms with Crippen LogP contribution in [-0.2, 0) is 19.1 Å². The van der Waals surface area contributed by atoms with Gasteiger partial charge >= 0.3 is 11.9 Å². The predicted molar refractivity (Wildman–Crippen MR) is 84.5 cm³/mol. The van der Waals surface area contributed by atoms with Gasteiger partial charge in [-0.25, -0.2) is 9.59 Å². The lowest BCUT2D eigenvalue weighted by Crippen LogP contribution is -2.57. The highest BCUT2D eigenvalue weighted by molar-refractivity contribution is 6.54. The fourth-order valence-electron chi connectivity index (χ4n) is 2.36. The summed E-state index contributed by atoms with van der Waals surface area (Å²) >= 11 is 0. The van der Waals surface area contributed by atoms with Crippen molar-refractivity contribution < 1.29 is 29.3 Å². The Morgan fingerprint density at radius 3 is 2.27 bits per heavy atom. The second-order valence-corrected chi connectivity index (χ2v) is 6.60. The molecule has 0 aliphatic rings. The number of carboxylic acids is 2. The maximum absolute atomic E-state index is 11.8. The molecule has 0 spiro atoms. The zero-order valence-corrected chi connectivity index (χ0v) is 14.2. The Labute approximate surface area is 131 Å². The van der Waals surface area contributed by atoms with E-state index < -0.39 is 33.2 Å². The van der Waals surface area contributed by atoms with Crippen LogP contribution in [0.5, 0.6) is 0 Å². The maximum Gasteiger partial charge on any atom is 0.339 e. The van der Waals surface area contributed by atoms with E-state index in [-0.39, 0.29) is 19.3 Å². The third-order valence-corrected chi connectivity index (χ3v) is 5.41. The molecular formula is C15H22O6Si. The van der Waals surface area contributed by atoms with E-state index in [4.69, 9.17) is 9.47 Å². The first-order valence-corrected chi connectivity index (χ1v) is 8.94. The average Bonchev–Trinajstić information content (AvgIpc) is 2.50. The first-order chi connectivity index (χ1) is 10.5. The molecule has 0 aromatic heterocycles. The van der Waals surface area contributed by atoms with Crippen molar-refractivity contribution >= 4 is 26.6 Å². The van der Waals surface area contributed by atoms with Gasteiger partial charge in [0.15, 0.2) is 11.7 Å². The van der Waals surface area contributed by atoms with Crippen molar-refractivity contribution in [1.29, 1.82) is 0 Å². The Morgan fingerprint density at radius 1 is 1.18 bits per heavy atom. The number of hydrogen-bond acceptors (Lipinski definition) is 4. The summed E-state index contributed by atoms with van der Waals surface area (Å²) in [4.78, 5) is 23.3. The number of benzene rings is 1. The summed E-state index contributed by atoms with van der Waals surface area (Å²) in [7, 11) is -1.02. The average molecular weight is 326 g/mol. The van der Waals surface area contributed by atoms with Crippen molar-refractivity contribution in [2.75, 3.05) is 13.2 Å². The molecule has 2 unspecified atom stereocenters. The summed E-state index contributed by atoms with van der Waals surface area (Å²) in [6.45, 7) is 3.48. The molecule has 7 heteroatoms. The molecule has 0 aliphatic carbocycles. The van der Waals surface area contributed by atoms with Crippen LogP contribution in [0.4, 0.5) is 0 Å². The normalized spacial score (nSPS) is 15.5. The van der Waals surface area contributed by atoms with E-state index in [1.54, 1.807) is 13.8 Å². The van der Waals surface area contributed by atoms with Crippen LogP contribution in [0, 0.1) is 0 Å². The molecular weight excluding hydrogens is 304 g/mol. The number of carbonyl (C=O) groups is 2. The maximum atomic E-state index is 11.8. The monoisotopic (exact) mass is 326 g/mol. The van der Waals surface area contributed by atoms with Gasteiger partial charge in [0.2, 0.25) is 0 Å². The van der Waals surface area contributed by atoms with Gasteiger partial charge in [0.1, 0.15) is 0 Å². The van der Waals surface area contributed by atoms with E-state index in [0.717, 1.165) is 5.19 Å². The van der Waals surface area contributed by atoms with Crippen molar-refractivity contribution in [3.8, 4) is 0 Å². The SMILES string of the molecule is CCOC(C(=O)O)C(C[SiH2]c1ccccc1)(OCC)C(=O)O. The third kappa shape index (κ3) is 4.39. The van der Waals surface area contributed by atoms with Gasteiger partial charge in [-0.3, -0.25) is 0 Å². The lowest BCUT2D eigenvalue weighted by Gasteiger charge is -2.34. The second-order valence-electron chi connectivity index (χ2n) is 4.79. The van der Waals surface area contributed by atoms with Crippen molar-refractivity contribution in [2.24, 2.45) is 0 Å². The van der Waals surface area contributed by atoms with Crippen LogP contribution in [0.15, 0.2) is 30.3 Å². The van der Waals surface area contributed by atoms with E-state index in [2.05, 4.69) is 0 Å². The summed E-state index contributed by atoms with van der Waals surface area (Å²) in [5, 5.41) is 20.0. The van der Waals surface area contributed by atoms with Crippen LogP contribution in [-0.4, -0.2) is 56.6 Å². The van der Waals surface area contributed by atoms with Crippen molar-refractivity contribution in [1.82, 2.24) is 0 Å². The van der Waals surface area contributed by atoms with E-state index in [1.165, 1.54) is 0 Å². The van der Waals surface area contributed by atoms with Gasteiger partial charge in [0.25, 0.3) is 0 Å².